The van der Waals surface area contributed by atoms with Crippen LogP contribution in [0.15, 0.2) is 45.3 Å². The normalized spacial score (nSPS) is 11.2. The van der Waals surface area contributed by atoms with Gasteiger partial charge in [-0.3, -0.25) is 10.1 Å². The smallest absolute Gasteiger partial charge is 0.292 e. The fourth-order valence-corrected chi connectivity index (χ4v) is 3.10. The summed E-state index contributed by atoms with van der Waals surface area (Å²) in [5, 5.41) is 14.5. The van der Waals surface area contributed by atoms with Gasteiger partial charge >= 0.3 is 0 Å². The van der Waals surface area contributed by atoms with Crippen molar-refractivity contribution in [2.24, 2.45) is 0 Å². The highest BCUT2D eigenvalue weighted by atomic mass is 79.9. The van der Waals surface area contributed by atoms with Gasteiger partial charge in [0.25, 0.3) is 5.69 Å². The van der Waals surface area contributed by atoms with Crippen LogP contribution >= 0.6 is 31.9 Å². The predicted octanol–water partition coefficient (Wildman–Crippen LogP) is 6.51. The summed E-state index contributed by atoms with van der Waals surface area (Å²) in [6, 6.07) is 10.3. The van der Waals surface area contributed by atoms with Gasteiger partial charge in [-0.2, -0.15) is 0 Å². The molecule has 0 fully saturated rings. The van der Waals surface area contributed by atoms with Crippen molar-refractivity contribution in [2.45, 2.75) is 32.7 Å². The minimum absolute atomic E-state index is 0.0266. The molecular formula is C17H18Br2N2O3. The number of halogens is 2. The van der Waals surface area contributed by atoms with Crippen LogP contribution in [0.2, 0.25) is 0 Å². The summed E-state index contributed by atoms with van der Waals surface area (Å²) in [5.41, 5.74) is 0.207. The summed E-state index contributed by atoms with van der Waals surface area (Å²) in [5.74, 6) is 1.16. The number of nitro benzene ring substituents is 1. The molecule has 2 rings (SSSR count). The van der Waals surface area contributed by atoms with Gasteiger partial charge in [0.15, 0.2) is 0 Å². The number of nitro groups is 1. The molecule has 128 valence electrons. The first-order valence-electron chi connectivity index (χ1n) is 7.41. The van der Waals surface area contributed by atoms with Crippen molar-refractivity contribution in [3.8, 4) is 11.5 Å². The molecule has 0 aliphatic rings. The molecule has 0 aliphatic heterocycles. The van der Waals surface area contributed by atoms with Crippen LogP contribution in [0.1, 0.15) is 27.2 Å². The number of hydrogen-bond donors (Lipinski definition) is 1. The van der Waals surface area contributed by atoms with E-state index in [4.69, 9.17) is 4.74 Å². The Morgan fingerprint density at radius 1 is 1.21 bits per heavy atom. The fourth-order valence-electron chi connectivity index (χ4n) is 1.98. The van der Waals surface area contributed by atoms with Crippen molar-refractivity contribution in [1.29, 1.82) is 0 Å². The molecule has 0 unspecified atom stereocenters. The largest absolute Gasteiger partial charge is 0.456 e. The Kier molecular flexibility index (Phi) is 5.87. The zero-order valence-corrected chi connectivity index (χ0v) is 16.8. The van der Waals surface area contributed by atoms with Gasteiger partial charge in [-0.25, -0.2) is 0 Å². The summed E-state index contributed by atoms with van der Waals surface area (Å²) in [4.78, 5) is 10.9. The van der Waals surface area contributed by atoms with E-state index in [2.05, 4.69) is 37.2 Å². The monoisotopic (exact) mass is 456 g/mol. The third-order valence-corrected chi connectivity index (χ3v) is 4.76. The SMILES string of the molecule is CCC(C)(C)Nc1cc(Oc2ccc(Br)cc2Br)ccc1[N+](=O)[O-]. The highest BCUT2D eigenvalue weighted by Gasteiger charge is 2.22. The Bertz CT molecular complexity index is 763. The number of benzene rings is 2. The maximum Gasteiger partial charge on any atom is 0.292 e. The lowest BCUT2D eigenvalue weighted by Crippen LogP contribution is -2.29. The van der Waals surface area contributed by atoms with E-state index >= 15 is 0 Å². The maximum absolute atomic E-state index is 11.3. The summed E-state index contributed by atoms with van der Waals surface area (Å²) in [7, 11) is 0. The van der Waals surface area contributed by atoms with E-state index in [1.165, 1.54) is 6.07 Å². The van der Waals surface area contributed by atoms with E-state index in [0.717, 1.165) is 15.4 Å². The summed E-state index contributed by atoms with van der Waals surface area (Å²) >= 11 is 6.83. The lowest BCUT2D eigenvalue weighted by atomic mass is 10.0. The Morgan fingerprint density at radius 2 is 1.92 bits per heavy atom. The molecule has 0 amide bonds. The van der Waals surface area contributed by atoms with Crippen molar-refractivity contribution in [3.63, 3.8) is 0 Å². The Labute approximate surface area is 157 Å². The van der Waals surface area contributed by atoms with Crippen LogP contribution in [0.25, 0.3) is 0 Å². The number of hydrogen-bond acceptors (Lipinski definition) is 4. The van der Waals surface area contributed by atoms with Gasteiger partial charge in [-0.15, -0.1) is 0 Å². The van der Waals surface area contributed by atoms with Crippen LogP contribution in [-0.4, -0.2) is 10.5 Å². The molecule has 0 spiro atoms. The number of ether oxygens (including phenoxy) is 1. The van der Waals surface area contributed by atoms with Gasteiger partial charge < -0.3 is 10.1 Å². The Morgan fingerprint density at radius 3 is 2.50 bits per heavy atom. The molecule has 0 bridgehead atoms. The van der Waals surface area contributed by atoms with Crippen LogP contribution in [0.5, 0.6) is 11.5 Å². The van der Waals surface area contributed by atoms with Gasteiger partial charge in [0.2, 0.25) is 0 Å². The van der Waals surface area contributed by atoms with Crippen molar-refractivity contribution >= 4 is 43.2 Å². The number of nitrogens with one attached hydrogen (secondary N) is 1. The van der Waals surface area contributed by atoms with Crippen LogP contribution < -0.4 is 10.1 Å². The second-order valence-corrected chi connectivity index (χ2v) is 7.75. The quantitative estimate of drug-likeness (QED) is 0.396. The third-order valence-electron chi connectivity index (χ3n) is 3.64. The summed E-state index contributed by atoms with van der Waals surface area (Å²) < 4.78 is 7.58. The second-order valence-electron chi connectivity index (χ2n) is 5.98. The average molecular weight is 458 g/mol. The van der Waals surface area contributed by atoms with Crippen molar-refractivity contribution in [1.82, 2.24) is 0 Å². The molecule has 0 aliphatic carbocycles. The molecule has 24 heavy (non-hydrogen) atoms. The van der Waals surface area contributed by atoms with Gasteiger partial charge in [0.05, 0.1) is 9.40 Å². The number of anilines is 1. The van der Waals surface area contributed by atoms with E-state index in [1.807, 2.05) is 39.0 Å². The summed E-state index contributed by atoms with van der Waals surface area (Å²) in [6.45, 7) is 6.02. The van der Waals surface area contributed by atoms with Gasteiger partial charge in [-0.05, 0) is 60.5 Å². The molecule has 0 saturated carbocycles. The minimum Gasteiger partial charge on any atom is -0.456 e. The average Bonchev–Trinajstić information content (AvgIpc) is 2.49. The first kappa shape index (κ1) is 18.7. The topological polar surface area (TPSA) is 64.4 Å². The van der Waals surface area contributed by atoms with Crippen LogP contribution in [-0.2, 0) is 0 Å². The van der Waals surface area contributed by atoms with Crippen LogP contribution in [0.3, 0.4) is 0 Å². The molecule has 7 heteroatoms. The predicted molar refractivity (Wildman–Crippen MR) is 103 cm³/mol. The van der Waals surface area contributed by atoms with Crippen molar-refractivity contribution in [2.75, 3.05) is 5.32 Å². The Hall–Kier alpha value is -1.60. The highest BCUT2D eigenvalue weighted by Crippen LogP contribution is 2.36. The van der Waals surface area contributed by atoms with E-state index in [9.17, 15) is 10.1 Å². The van der Waals surface area contributed by atoms with Gasteiger partial charge in [0, 0.05) is 22.1 Å². The van der Waals surface area contributed by atoms with Crippen LogP contribution in [0.4, 0.5) is 11.4 Å². The molecule has 5 nitrogen and oxygen atoms in total. The molecule has 0 aromatic heterocycles. The van der Waals surface area contributed by atoms with Crippen molar-refractivity contribution in [3.05, 3.63) is 55.5 Å². The molecule has 0 saturated heterocycles. The first-order valence-corrected chi connectivity index (χ1v) is 9.00. The van der Waals surface area contributed by atoms with Gasteiger partial charge in [0.1, 0.15) is 17.2 Å². The van der Waals surface area contributed by atoms with Gasteiger partial charge in [-0.1, -0.05) is 22.9 Å². The Balaban J connectivity index is 2.36. The van der Waals surface area contributed by atoms with Crippen molar-refractivity contribution < 1.29 is 9.66 Å². The molecular weight excluding hydrogens is 440 g/mol. The molecule has 2 aromatic carbocycles. The molecule has 0 atom stereocenters. The highest BCUT2D eigenvalue weighted by molar-refractivity contribution is 9.11. The molecule has 1 N–H and O–H groups in total. The zero-order chi connectivity index (χ0) is 17.9. The second kappa shape index (κ2) is 7.53. The van der Waals surface area contributed by atoms with E-state index in [-0.39, 0.29) is 11.2 Å². The van der Waals surface area contributed by atoms with Crippen LogP contribution in [0, 0.1) is 10.1 Å². The number of rotatable bonds is 6. The van der Waals surface area contributed by atoms with E-state index in [1.54, 1.807) is 12.1 Å². The zero-order valence-electron chi connectivity index (χ0n) is 13.6. The third kappa shape index (κ3) is 4.70. The molecule has 0 heterocycles. The van der Waals surface area contributed by atoms with E-state index < -0.39 is 4.92 Å². The minimum atomic E-state index is -0.395. The fraction of sp³-hybridized carbons (Fsp3) is 0.294. The lowest BCUT2D eigenvalue weighted by molar-refractivity contribution is -0.384. The molecule has 0 radical (unpaired) electrons. The van der Waals surface area contributed by atoms with E-state index in [0.29, 0.717) is 17.2 Å². The maximum atomic E-state index is 11.3. The lowest BCUT2D eigenvalue weighted by Gasteiger charge is -2.26. The number of nitrogens with zero attached hydrogens (tertiary/aromatic N) is 1. The standard InChI is InChI=1S/C17H18Br2N2O3/c1-4-17(2,3)20-14-10-12(6-7-15(14)21(22)23)24-16-8-5-11(18)9-13(16)19/h5-10,20H,4H2,1-3H3. The molecule has 2 aromatic rings. The first-order chi connectivity index (χ1) is 11.2. The summed E-state index contributed by atoms with van der Waals surface area (Å²) in [6.07, 6.45) is 0.827.